The Kier molecular flexibility index (Phi) is 2.93. The van der Waals surface area contributed by atoms with Gasteiger partial charge in [-0.25, -0.2) is 0 Å². The average Bonchev–Trinajstić information content (AvgIpc) is 2.85. The topological polar surface area (TPSA) is 75.8 Å². The monoisotopic (exact) mass is 268 g/mol. The van der Waals surface area contributed by atoms with Crippen molar-refractivity contribution in [3.05, 3.63) is 0 Å². The van der Waals surface area contributed by atoms with E-state index in [1.807, 2.05) is 13.8 Å². The fraction of sp³-hybridized carbons (Fsp3) is 0.929. The van der Waals surface area contributed by atoms with Crippen molar-refractivity contribution in [3.63, 3.8) is 0 Å². The lowest BCUT2D eigenvalue weighted by atomic mass is 9.47. The first-order valence-electron chi connectivity index (χ1n) is 7.27. The second-order valence-electron chi connectivity index (χ2n) is 6.82. The predicted octanol–water partition coefficient (Wildman–Crippen LogP) is 0.112. The number of nitrogens with zero attached hydrogens (tertiary/aromatic N) is 1. The molecular formula is C14H24N2O3. The number of nitrogens with two attached hydrogens (primary N) is 1. The van der Waals surface area contributed by atoms with Crippen LogP contribution in [0.2, 0.25) is 0 Å². The number of hydrogen-bond donors (Lipinski definition) is 2. The minimum absolute atomic E-state index is 0.00278. The normalized spacial score (nSPS) is 44.6. The Balaban J connectivity index is 1.82. The summed E-state index contributed by atoms with van der Waals surface area (Å²) in [5, 5.41) is 9.74. The van der Waals surface area contributed by atoms with Crippen molar-refractivity contribution in [2.24, 2.45) is 17.1 Å². The summed E-state index contributed by atoms with van der Waals surface area (Å²) in [5.74, 6) is 0.136. The van der Waals surface area contributed by atoms with Crippen molar-refractivity contribution in [1.29, 1.82) is 0 Å². The lowest BCUT2D eigenvalue weighted by Crippen LogP contribution is -2.80. The van der Waals surface area contributed by atoms with E-state index in [9.17, 15) is 9.90 Å². The highest BCUT2D eigenvalue weighted by atomic mass is 16.5. The molecule has 0 aromatic rings. The van der Waals surface area contributed by atoms with Crippen LogP contribution in [-0.4, -0.2) is 53.4 Å². The van der Waals surface area contributed by atoms with Gasteiger partial charge in [0.25, 0.3) is 0 Å². The van der Waals surface area contributed by atoms with Crippen LogP contribution >= 0.6 is 0 Å². The molecule has 1 amide bonds. The molecule has 3 aliphatic rings. The number of hydrogen-bond acceptors (Lipinski definition) is 4. The molecule has 2 aliphatic heterocycles. The number of aliphatic hydroxyl groups is 1. The average molecular weight is 268 g/mol. The third-order valence-electron chi connectivity index (χ3n) is 5.49. The Hall–Kier alpha value is -0.650. The molecule has 1 aliphatic carbocycles. The summed E-state index contributed by atoms with van der Waals surface area (Å²) in [5.41, 5.74) is 5.38. The second kappa shape index (κ2) is 4.17. The summed E-state index contributed by atoms with van der Waals surface area (Å²) < 4.78 is 5.72. The molecule has 4 atom stereocenters. The second-order valence-corrected chi connectivity index (χ2v) is 6.82. The van der Waals surface area contributed by atoms with Crippen LogP contribution in [0.25, 0.3) is 0 Å². The summed E-state index contributed by atoms with van der Waals surface area (Å²) in [6.07, 6.45) is 2.21. The number of fused-ring (bicyclic) bond motifs is 1. The van der Waals surface area contributed by atoms with Crippen LogP contribution < -0.4 is 5.73 Å². The quantitative estimate of drug-likeness (QED) is 0.708. The lowest BCUT2D eigenvalue weighted by molar-refractivity contribution is -0.186. The molecule has 0 bridgehead atoms. The molecule has 0 radical (unpaired) electrons. The van der Waals surface area contributed by atoms with Gasteiger partial charge in [0.2, 0.25) is 5.91 Å². The molecule has 3 unspecified atom stereocenters. The van der Waals surface area contributed by atoms with Crippen LogP contribution in [0, 0.1) is 11.3 Å². The van der Waals surface area contributed by atoms with Gasteiger partial charge in [0.1, 0.15) is 5.54 Å². The molecule has 19 heavy (non-hydrogen) atoms. The maximum absolute atomic E-state index is 12.8. The minimum atomic E-state index is -0.828. The lowest BCUT2D eigenvalue weighted by Gasteiger charge is -2.61. The summed E-state index contributed by atoms with van der Waals surface area (Å²) >= 11 is 0. The highest BCUT2D eigenvalue weighted by molar-refractivity contribution is 5.89. The van der Waals surface area contributed by atoms with Crippen LogP contribution in [0.3, 0.4) is 0 Å². The van der Waals surface area contributed by atoms with Gasteiger partial charge in [-0.15, -0.1) is 0 Å². The molecule has 1 saturated carbocycles. The molecule has 2 heterocycles. The maximum Gasteiger partial charge on any atom is 0.243 e. The summed E-state index contributed by atoms with van der Waals surface area (Å²) in [7, 11) is 0. The zero-order valence-electron chi connectivity index (χ0n) is 11.8. The van der Waals surface area contributed by atoms with Crippen molar-refractivity contribution in [2.45, 2.75) is 50.9 Å². The van der Waals surface area contributed by atoms with Gasteiger partial charge in [-0.2, -0.15) is 0 Å². The van der Waals surface area contributed by atoms with Crippen molar-refractivity contribution >= 4 is 5.91 Å². The third-order valence-corrected chi connectivity index (χ3v) is 5.49. The van der Waals surface area contributed by atoms with Crippen LogP contribution in [0.15, 0.2) is 0 Å². The number of ether oxygens (including phenoxy) is 1. The number of rotatable bonds is 1. The van der Waals surface area contributed by atoms with Crippen LogP contribution in [0.4, 0.5) is 0 Å². The predicted molar refractivity (Wildman–Crippen MR) is 70.4 cm³/mol. The van der Waals surface area contributed by atoms with Gasteiger partial charge in [0.05, 0.1) is 12.2 Å². The maximum atomic E-state index is 12.8. The molecule has 108 valence electrons. The molecule has 2 saturated heterocycles. The fourth-order valence-corrected chi connectivity index (χ4v) is 4.22. The van der Waals surface area contributed by atoms with Crippen molar-refractivity contribution < 1.29 is 14.6 Å². The van der Waals surface area contributed by atoms with Crippen molar-refractivity contribution in [3.8, 4) is 0 Å². The number of carbonyl (C=O) groups is 1. The van der Waals surface area contributed by atoms with Gasteiger partial charge in [0.15, 0.2) is 0 Å². The van der Waals surface area contributed by atoms with Crippen LogP contribution in [0.5, 0.6) is 0 Å². The fourth-order valence-electron chi connectivity index (χ4n) is 4.22. The minimum Gasteiger partial charge on any atom is -0.391 e. The molecule has 5 heteroatoms. The SMILES string of the molecule is CC1(C)C2OCCC2C1(N)C(=O)N1CCC[C@H](O)C1. The van der Waals surface area contributed by atoms with E-state index in [1.165, 1.54) is 0 Å². The van der Waals surface area contributed by atoms with E-state index in [2.05, 4.69) is 0 Å². The Bertz CT molecular complexity index is 398. The molecule has 0 aromatic heterocycles. The van der Waals surface area contributed by atoms with E-state index in [0.29, 0.717) is 19.7 Å². The Morgan fingerprint density at radius 1 is 1.42 bits per heavy atom. The number of aliphatic hydroxyl groups excluding tert-OH is 1. The molecule has 0 spiro atoms. The standard InChI is InChI=1S/C14H24N2O3/c1-13(2)11-10(5-7-19-11)14(13,15)12(18)16-6-3-4-9(17)8-16/h9-11,17H,3-8,15H2,1-2H3/t9-,10?,11?,14?/m0/s1. The number of piperidine rings is 1. The van der Waals surface area contributed by atoms with E-state index < -0.39 is 11.6 Å². The van der Waals surface area contributed by atoms with Gasteiger partial charge in [-0.05, 0) is 19.3 Å². The zero-order valence-corrected chi connectivity index (χ0v) is 11.8. The summed E-state index contributed by atoms with van der Waals surface area (Å²) in [6, 6.07) is 0. The van der Waals surface area contributed by atoms with Crippen LogP contribution in [0.1, 0.15) is 33.1 Å². The van der Waals surface area contributed by atoms with Gasteiger partial charge < -0.3 is 20.5 Å². The van der Waals surface area contributed by atoms with E-state index in [0.717, 1.165) is 19.3 Å². The van der Waals surface area contributed by atoms with E-state index in [-0.39, 0.29) is 23.3 Å². The highest BCUT2D eigenvalue weighted by Gasteiger charge is 2.71. The Labute approximate surface area is 114 Å². The van der Waals surface area contributed by atoms with E-state index >= 15 is 0 Å². The number of β-amino-alcohol motifs (C(OH)–C–C–N with tert-alkyl or cyclic N) is 1. The first-order valence-corrected chi connectivity index (χ1v) is 7.27. The van der Waals surface area contributed by atoms with Gasteiger partial charge in [-0.3, -0.25) is 4.79 Å². The molecule has 0 aromatic carbocycles. The smallest absolute Gasteiger partial charge is 0.243 e. The summed E-state index contributed by atoms with van der Waals surface area (Å²) in [6.45, 7) is 5.89. The largest absolute Gasteiger partial charge is 0.391 e. The molecule has 3 fully saturated rings. The highest BCUT2D eigenvalue weighted by Crippen LogP contribution is 2.58. The van der Waals surface area contributed by atoms with E-state index in [4.69, 9.17) is 10.5 Å². The van der Waals surface area contributed by atoms with Crippen molar-refractivity contribution in [2.75, 3.05) is 19.7 Å². The first-order chi connectivity index (χ1) is 8.89. The number of carbonyl (C=O) groups excluding carboxylic acids is 1. The molecule has 5 nitrogen and oxygen atoms in total. The van der Waals surface area contributed by atoms with Crippen molar-refractivity contribution in [1.82, 2.24) is 4.90 Å². The molecule has 3 rings (SSSR count). The Morgan fingerprint density at radius 2 is 2.16 bits per heavy atom. The first kappa shape index (κ1) is 13.3. The van der Waals surface area contributed by atoms with Gasteiger partial charge >= 0.3 is 0 Å². The van der Waals surface area contributed by atoms with Crippen LogP contribution in [-0.2, 0) is 9.53 Å². The number of amides is 1. The van der Waals surface area contributed by atoms with E-state index in [1.54, 1.807) is 4.90 Å². The Morgan fingerprint density at radius 3 is 2.84 bits per heavy atom. The third kappa shape index (κ3) is 1.61. The molecule has 3 N–H and O–H groups in total. The summed E-state index contributed by atoms with van der Waals surface area (Å²) in [4.78, 5) is 14.6. The number of likely N-dealkylation sites (tertiary alicyclic amines) is 1. The van der Waals surface area contributed by atoms with Gasteiger partial charge in [0, 0.05) is 31.0 Å². The van der Waals surface area contributed by atoms with Gasteiger partial charge in [-0.1, -0.05) is 13.8 Å². The molecular weight excluding hydrogens is 244 g/mol. The zero-order chi connectivity index (χ0) is 13.8.